The minimum absolute atomic E-state index is 0.211. The molecule has 0 heterocycles. The zero-order valence-electron chi connectivity index (χ0n) is 17.1. The molecule has 1 rings (SSSR count). The molecule has 0 aliphatic heterocycles. The van der Waals surface area contributed by atoms with Gasteiger partial charge < -0.3 is 10.1 Å². The molecule has 8 heteroatoms. The Bertz CT molecular complexity index is 674. The quantitative estimate of drug-likeness (QED) is 0.293. The zero-order chi connectivity index (χ0) is 22.0. The largest absolute Gasteiger partial charge is 0.464 e. The van der Waals surface area contributed by atoms with Crippen molar-refractivity contribution < 1.29 is 31.9 Å². The Labute approximate surface area is 169 Å². The van der Waals surface area contributed by atoms with Gasteiger partial charge in [-0.1, -0.05) is 52.9 Å². The molecule has 1 atom stereocenters. The molecule has 0 fully saturated rings. The van der Waals surface area contributed by atoms with Gasteiger partial charge in [0.25, 0.3) is 5.91 Å². The van der Waals surface area contributed by atoms with Crippen molar-refractivity contribution in [3.63, 3.8) is 0 Å². The van der Waals surface area contributed by atoms with Crippen LogP contribution in [0.4, 0.5) is 17.6 Å². The van der Waals surface area contributed by atoms with Gasteiger partial charge >= 0.3 is 12.1 Å². The first kappa shape index (κ1) is 24.9. The average molecular weight is 419 g/mol. The van der Waals surface area contributed by atoms with Crippen molar-refractivity contribution in [1.29, 1.82) is 0 Å². The second-order valence-electron chi connectivity index (χ2n) is 7.36. The average Bonchev–Trinajstić information content (AvgIpc) is 2.63. The van der Waals surface area contributed by atoms with E-state index in [0.29, 0.717) is 24.6 Å². The molecule has 0 spiro atoms. The molecule has 4 nitrogen and oxygen atoms in total. The SMILES string of the molecule is CCCCCCCCOC(=O)C(NC(=O)c1cc(F)cc(C(F)(F)F)c1)C(C)C. The second kappa shape index (κ2) is 11.8. The van der Waals surface area contributed by atoms with Gasteiger partial charge in [0.2, 0.25) is 0 Å². The molecule has 0 radical (unpaired) electrons. The molecule has 1 N–H and O–H groups in total. The number of carbonyl (C=O) groups is 2. The van der Waals surface area contributed by atoms with E-state index in [-0.39, 0.29) is 12.5 Å². The third-order valence-corrected chi connectivity index (χ3v) is 4.44. The minimum Gasteiger partial charge on any atom is -0.464 e. The molecule has 0 aliphatic carbocycles. The van der Waals surface area contributed by atoms with Crippen LogP contribution in [-0.2, 0) is 15.7 Å². The van der Waals surface area contributed by atoms with Gasteiger partial charge in [0.05, 0.1) is 12.2 Å². The zero-order valence-corrected chi connectivity index (χ0v) is 17.1. The number of hydrogen-bond donors (Lipinski definition) is 1. The summed E-state index contributed by atoms with van der Waals surface area (Å²) >= 11 is 0. The first-order valence-electron chi connectivity index (χ1n) is 9.91. The summed E-state index contributed by atoms with van der Waals surface area (Å²) < 4.78 is 57.2. The van der Waals surface area contributed by atoms with E-state index in [1.807, 2.05) is 0 Å². The van der Waals surface area contributed by atoms with Gasteiger partial charge in [-0.05, 0) is 30.5 Å². The van der Waals surface area contributed by atoms with Gasteiger partial charge in [-0.3, -0.25) is 4.79 Å². The minimum atomic E-state index is -4.79. The van der Waals surface area contributed by atoms with Crippen LogP contribution in [0.1, 0.15) is 75.2 Å². The normalized spacial score (nSPS) is 12.7. The molecule has 164 valence electrons. The monoisotopic (exact) mass is 419 g/mol. The number of rotatable bonds is 11. The van der Waals surface area contributed by atoms with Crippen LogP contribution in [0.2, 0.25) is 0 Å². The summed E-state index contributed by atoms with van der Waals surface area (Å²) in [6, 6.07) is 0.521. The Kier molecular flexibility index (Phi) is 10.1. The molecule has 29 heavy (non-hydrogen) atoms. The van der Waals surface area contributed by atoms with E-state index in [2.05, 4.69) is 12.2 Å². The van der Waals surface area contributed by atoms with Crippen LogP contribution in [0.3, 0.4) is 0 Å². The van der Waals surface area contributed by atoms with Crippen molar-refractivity contribution in [3.05, 3.63) is 35.1 Å². The summed E-state index contributed by atoms with van der Waals surface area (Å²) in [5, 5.41) is 2.36. The van der Waals surface area contributed by atoms with Crippen LogP contribution in [-0.4, -0.2) is 24.5 Å². The van der Waals surface area contributed by atoms with Gasteiger partial charge in [-0.2, -0.15) is 13.2 Å². The van der Waals surface area contributed by atoms with Crippen molar-refractivity contribution in [1.82, 2.24) is 5.32 Å². The van der Waals surface area contributed by atoms with E-state index < -0.39 is 41.0 Å². The third kappa shape index (κ3) is 8.83. The summed E-state index contributed by atoms with van der Waals surface area (Å²) in [6.07, 6.45) is 1.32. The topological polar surface area (TPSA) is 55.4 Å². The fourth-order valence-corrected chi connectivity index (χ4v) is 2.75. The number of amides is 1. The van der Waals surface area contributed by atoms with E-state index >= 15 is 0 Å². The van der Waals surface area contributed by atoms with Gasteiger partial charge in [0, 0.05) is 5.56 Å². The highest BCUT2D eigenvalue weighted by molar-refractivity contribution is 5.97. The predicted molar refractivity (Wildman–Crippen MR) is 102 cm³/mol. The van der Waals surface area contributed by atoms with Crippen molar-refractivity contribution >= 4 is 11.9 Å². The number of alkyl halides is 3. The molecular weight excluding hydrogens is 390 g/mol. The Morgan fingerprint density at radius 3 is 2.24 bits per heavy atom. The number of halogens is 4. The number of carbonyl (C=O) groups excluding carboxylic acids is 2. The Morgan fingerprint density at radius 2 is 1.66 bits per heavy atom. The summed E-state index contributed by atoms with van der Waals surface area (Å²) in [4.78, 5) is 24.6. The van der Waals surface area contributed by atoms with E-state index in [9.17, 15) is 27.2 Å². The van der Waals surface area contributed by atoms with Crippen LogP contribution >= 0.6 is 0 Å². The van der Waals surface area contributed by atoms with E-state index in [1.165, 1.54) is 0 Å². The standard InChI is InChI=1S/C21H29F4NO3/c1-4-5-6-7-8-9-10-29-20(28)18(14(2)3)26-19(27)15-11-16(21(23,24)25)13-17(22)12-15/h11-14,18H,4-10H2,1-3H3,(H,26,27). The van der Waals surface area contributed by atoms with Crippen LogP contribution in [0.25, 0.3) is 0 Å². The number of ether oxygens (including phenoxy) is 1. The molecule has 0 bridgehead atoms. The van der Waals surface area contributed by atoms with E-state index in [1.54, 1.807) is 13.8 Å². The maximum absolute atomic E-state index is 13.5. The van der Waals surface area contributed by atoms with Crippen molar-refractivity contribution in [2.75, 3.05) is 6.61 Å². The number of unbranched alkanes of at least 4 members (excludes halogenated alkanes) is 5. The lowest BCUT2D eigenvalue weighted by atomic mass is 10.0. The number of hydrogen-bond acceptors (Lipinski definition) is 3. The predicted octanol–water partition coefficient (Wildman–Crippen LogP) is 5.50. The number of nitrogens with one attached hydrogen (secondary N) is 1. The molecule has 1 amide bonds. The molecule has 0 aromatic heterocycles. The summed E-state index contributed by atoms with van der Waals surface area (Å²) in [5.74, 6) is -3.16. The van der Waals surface area contributed by atoms with Gasteiger partial charge in [0.15, 0.2) is 0 Å². The summed E-state index contributed by atoms with van der Waals surface area (Å²) in [6.45, 7) is 5.67. The second-order valence-corrected chi connectivity index (χ2v) is 7.36. The highest BCUT2D eigenvalue weighted by Crippen LogP contribution is 2.30. The van der Waals surface area contributed by atoms with Gasteiger partial charge in [0.1, 0.15) is 11.9 Å². The Hall–Kier alpha value is -2.12. The van der Waals surface area contributed by atoms with Crippen molar-refractivity contribution in [2.24, 2.45) is 5.92 Å². The highest BCUT2D eigenvalue weighted by atomic mass is 19.4. The molecule has 0 saturated carbocycles. The lowest BCUT2D eigenvalue weighted by Gasteiger charge is -2.21. The van der Waals surface area contributed by atoms with E-state index in [0.717, 1.165) is 32.1 Å². The molecule has 1 unspecified atom stereocenters. The molecule has 0 aliphatic rings. The smallest absolute Gasteiger partial charge is 0.416 e. The van der Waals surface area contributed by atoms with Gasteiger partial charge in [-0.15, -0.1) is 0 Å². The van der Waals surface area contributed by atoms with Crippen molar-refractivity contribution in [3.8, 4) is 0 Å². The Morgan fingerprint density at radius 1 is 1.03 bits per heavy atom. The number of benzene rings is 1. The van der Waals surface area contributed by atoms with Crippen LogP contribution in [0.5, 0.6) is 0 Å². The summed E-state index contributed by atoms with van der Waals surface area (Å²) in [7, 11) is 0. The fraction of sp³-hybridized carbons (Fsp3) is 0.619. The number of esters is 1. The lowest BCUT2D eigenvalue weighted by molar-refractivity contribution is -0.147. The van der Waals surface area contributed by atoms with Crippen LogP contribution in [0.15, 0.2) is 18.2 Å². The molecular formula is C21H29F4NO3. The molecule has 0 saturated heterocycles. The Balaban J connectivity index is 2.68. The maximum Gasteiger partial charge on any atom is 0.416 e. The van der Waals surface area contributed by atoms with Gasteiger partial charge in [-0.25, -0.2) is 9.18 Å². The van der Waals surface area contributed by atoms with Crippen molar-refractivity contribution in [2.45, 2.75) is 71.5 Å². The fourth-order valence-electron chi connectivity index (χ4n) is 2.75. The lowest BCUT2D eigenvalue weighted by Crippen LogP contribution is -2.45. The molecule has 1 aromatic rings. The first-order chi connectivity index (χ1) is 13.6. The summed E-state index contributed by atoms with van der Waals surface area (Å²) in [5.41, 5.74) is -1.78. The third-order valence-electron chi connectivity index (χ3n) is 4.44. The maximum atomic E-state index is 13.5. The first-order valence-corrected chi connectivity index (χ1v) is 9.91. The van der Waals surface area contributed by atoms with Crippen LogP contribution in [0, 0.1) is 11.7 Å². The highest BCUT2D eigenvalue weighted by Gasteiger charge is 2.33. The van der Waals surface area contributed by atoms with Crippen LogP contribution < -0.4 is 5.32 Å². The van der Waals surface area contributed by atoms with E-state index in [4.69, 9.17) is 4.74 Å². The molecule has 1 aromatic carbocycles.